The molecule has 98 valence electrons. The van der Waals surface area contributed by atoms with Gasteiger partial charge in [0.05, 0.1) is 0 Å². The van der Waals surface area contributed by atoms with Crippen molar-refractivity contribution in [2.75, 3.05) is 7.11 Å². The van der Waals surface area contributed by atoms with Crippen LogP contribution in [-0.4, -0.2) is 26.3 Å². The van der Waals surface area contributed by atoms with Crippen LogP contribution in [0, 0.1) is 6.92 Å². The van der Waals surface area contributed by atoms with E-state index < -0.39 is 13.3 Å². The summed E-state index contributed by atoms with van der Waals surface area (Å²) in [6.45, 7) is 2.05. The quantitative estimate of drug-likeness (QED) is 0.479. The van der Waals surface area contributed by atoms with E-state index in [1.807, 2.05) is 18.2 Å². The monoisotopic (exact) mass is 308 g/mol. The molecule has 18 heavy (non-hydrogen) atoms. The van der Waals surface area contributed by atoms with Crippen molar-refractivity contribution in [1.82, 2.24) is 0 Å². The fourth-order valence-corrected chi connectivity index (χ4v) is 4.66. The summed E-state index contributed by atoms with van der Waals surface area (Å²) in [5.41, 5.74) is 3.08. The van der Waals surface area contributed by atoms with Crippen molar-refractivity contribution in [3.8, 4) is 0 Å². The second-order valence-corrected chi connectivity index (χ2v) is 17.3. The molecule has 0 saturated heterocycles. The van der Waals surface area contributed by atoms with Crippen LogP contribution in [0.25, 0.3) is 6.08 Å². The Kier molecular flexibility index (Phi) is 5.20. The number of carbonyl (C=O) groups excluding carboxylic acids is 1. The Balaban J connectivity index is 3.02. The van der Waals surface area contributed by atoms with Gasteiger partial charge in [0.1, 0.15) is 0 Å². The third-order valence-corrected chi connectivity index (χ3v) is 5.61. The van der Waals surface area contributed by atoms with Crippen LogP contribution in [0.3, 0.4) is 0 Å². The van der Waals surface area contributed by atoms with Gasteiger partial charge in [-0.05, 0) is 0 Å². The van der Waals surface area contributed by atoms with Gasteiger partial charge in [-0.25, -0.2) is 0 Å². The Morgan fingerprint density at radius 3 is 2.22 bits per heavy atom. The molecule has 0 N–H and O–H groups in total. The van der Waals surface area contributed by atoms with E-state index in [-0.39, 0.29) is 5.97 Å². The van der Waals surface area contributed by atoms with Crippen LogP contribution >= 0.6 is 0 Å². The summed E-state index contributed by atoms with van der Waals surface area (Å²) in [6, 6.07) is 8.18. The van der Waals surface area contributed by atoms with E-state index in [9.17, 15) is 4.79 Å². The van der Waals surface area contributed by atoms with Gasteiger partial charge in [0, 0.05) is 0 Å². The van der Waals surface area contributed by atoms with Gasteiger partial charge in [-0.3, -0.25) is 0 Å². The van der Waals surface area contributed by atoms with Crippen LogP contribution in [0.2, 0.25) is 22.5 Å². The van der Waals surface area contributed by atoms with Crippen LogP contribution in [-0.2, 0) is 9.53 Å². The summed E-state index contributed by atoms with van der Waals surface area (Å²) in [4.78, 5) is 11.8. The van der Waals surface area contributed by atoms with Gasteiger partial charge >= 0.3 is 112 Å². The molecule has 0 aromatic heterocycles. The van der Waals surface area contributed by atoms with Gasteiger partial charge in [-0.2, -0.15) is 0 Å². The number of esters is 1. The number of hydrogen-bond acceptors (Lipinski definition) is 2. The second-order valence-electron chi connectivity index (χ2n) is 5.81. The molecule has 0 aliphatic carbocycles. The molecule has 2 nitrogen and oxygen atoms in total. The first-order valence-electron chi connectivity index (χ1n) is 6.17. The molecule has 0 spiro atoms. The molecule has 0 bridgehead atoms. The molecule has 0 aliphatic rings. The van der Waals surface area contributed by atoms with E-state index in [2.05, 4.69) is 36.3 Å². The summed E-state index contributed by atoms with van der Waals surface area (Å²) < 4.78 is 4.88. The molecule has 1 rings (SSSR count). The third kappa shape index (κ3) is 5.09. The molecular formula is C15H22GeO2. The van der Waals surface area contributed by atoms with Gasteiger partial charge < -0.3 is 0 Å². The van der Waals surface area contributed by atoms with E-state index in [0.29, 0.717) is 0 Å². The maximum atomic E-state index is 11.8. The molecule has 0 saturated carbocycles. The van der Waals surface area contributed by atoms with Crippen molar-refractivity contribution in [2.24, 2.45) is 0 Å². The standard InChI is InChI=1S/C15H22GeO2/c1-12-6-8-13(9-7-12)10-14(15(17)18-5)11-16(2,3)4/h6-10H,11H2,1-5H3/b14-10+. The van der Waals surface area contributed by atoms with Gasteiger partial charge in [0.15, 0.2) is 0 Å². The Hall–Kier alpha value is -1.03. The van der Waals surface area contributed by atoms with Gasteiger partial charge in [0.2, 0.25) is 0 Å². The Labute approximate surface area is 112 Å². The van der Waals surface area contributed by atoms with Crippen molar-refractivity contribution in [3.63, 3.8) is 0 Å². The van der Waals surface area contributed by atoms with E-state index in [1.165, 1.54) is 12.7 Å². The SMILES string of the molecule is COC(=O)/C(=C/c1ccc(C)cc1)[CH2][Ge]([CH3])([CH3])[CH3]. The van der Waals surface area contributed by atoms with E-state index in [4.69, 9.17) is 4.74 Å². The summed E-state index contributed by atoms with van der Waals surface area (Å²) in [5.74, 6) is 6.69. The van der Waals surface area contributed by atoms with Gasteiger partial charge in [0.25, 0.3) is 0 Å². The molecule has 0 unspecified atom stereocenters. The summed E-state index contributed by atoms with van der Waals surface area (Å²) in [6.07, 6.45) is 1.96. The predicted molar refractivity (Wildman–Crippen MR) is 79.3 cm³/mol. The average Bonchev–Trinajstić information content (AvgIpc) is 2.28. The van der Waals surface area contributed by atoms with Crippen LogP contribution in [0.4, 0.5) is 0 Å². The van der Waals surface area contributed by atoms with Gasteiger partial charge in [-0.1, -0.05) is 0 Å². The fourth-order valence-electron chi connectivity index (χ4n) is 1.75. The Bertz CT molecular complexity index is 439. The summed E-state index contributed by atoms with van der Waals surface area (Å²) >= 11 is -1.82. The first-order chi connectivity index (χ1) is 8.31. The topological polar surface area (TPSA) is 26.3 Å². The number of ether oxygens (including phenoxy) is 1. The molecule has 0 amide bonds. The Morgan fingerprint density at radius 1 is 1.22 bits per heavy atom. The van der Waals surface area contributed by atoms with Crippen LogP contribution in [0.5, 0.6) is 0 Å². The first-order valence-corrected chi connectivity index (χ1v) is 14.0. The van der Waals surface area contributed by atoms with Crippen molar-refractivity contribution in [2.45, 2.75) is 29.4 Å². The zero-order valence-electron chi connectivity index (χ0n) is 11.9. The molecular weight excluding hydrogens is 285 g/mol. The average molecular weight is 307 g/mol. The number of hydrogen-bond donors (Lipinski definition) is 0. The zero-order chi connectivity index (χ0) is 13.8. The predicted octanol–water partition coefficient (Wildman–Crippen LogP) is 3.89. The number of benzene rings is 1. The number of rotatable bonds is 4. The zero-order valence-corrected chi connectivity index (χ0v) is 14.0. The fraction of sp³-hybridized carbons (Fsp3) is 0.400. The summed E-state index contributed by atoms with van der Waals surface area (Å²) in [5, 5.41) is 0.889. The normalized spacial score (nSPS) is 12.4. The van der Waals surface area contributed by atoms with Crippen LogP contribution in [0.1, 0.15) is 11.1 Å². The number of methoxy groups -OCH3 is 1. The van der Waals surface area contributed by atoms with E-state index >= 15 is 0 Å². The van der Waals surface area contributed by atoms with Crippen molar-refractivity contribution in [1.29, 1.82) is 0 Å². The first kappa shape index (κ1) is 15.0. The molecule has 0 fully saturated rings. The minimum absolute atomic E-state index is 0.198. The van der Waals surface area contributed by atoms with Crippen molar-refractivity contribution in [3.05, 3.63) is 41.0 Å². The number of aryl methyl sites for hydroxylation is 1. The van der Waals surface area contributed by atoms with Crippen LogP contribution < -0.4 is 0 Å². The minimum atomic E-state index is -1.82. The molecule has 3 heteroatoms. The maximum absolute atomic E-state index is 11.8. The molecule has 0 radical (unpaired) electrons. The van der Waals surface area contributed by atoms with Gasteiger partial charge in [-0.15, -0.1) is 0 Å². The molecule has 0 heterocycles. The molecule has 0 atom stereocenters. The van der Waals surface area contributed by atoms with E-state index in [1.54, 1.807) is 0 Å². The summed E-state index contributed by atoms with van der Waals surface area (Å²) in [7, 11) is 1.45. The van der Waals surface area contributed by atoms with Crippen molar-refractivity contribution >= 4 is 25.3 Å². The second kappa shape index (κ2) is 6.23. The Morgan fingerprint density at radius 2 is 1.78 bits per heavy atom. The molecule has 0 aliphatic heterocycles. The van der Waals surface area contributed by atoms with Crippen molar-refractivity contribution < 1.29 is 9.53 Å². The van der Waals surface area contributed by atoms with E-state index in [0.717, 1.165) is 16.4 Å². The number of carbonyl (C=O) groups is 1. The third-order valence-electron chi connectivity index (χ3n) is 2.59. The van der Waals surface area contributed by atoms with Crippen LogP contribution in [0.15, 0.2) is 29.8 Å². The molecule has 1 aromatic rings. The molecule has 1 aromatic carbocycles.